The van der Waals surface area contributed by atoms with Gasteiger partial charge in [-0.3, -0.25) is 4.90 Å². The molecule has 1 aromatic carbocycles. The highest BCUT2D eigenvalue weighted by atomic mass is 79.9. The third-order valence-corrected chi connectivity index (χ3v) is 4.81. The lowest BCUT2D eigenvalue weighted by Gasteiger charge is -2.23. The molecule has 1 aliphatic rings. The minimum absolute atomic E-state index is 0. The van der Waals surface area contributed by atoms with Crippen LogP contribution in [0.25, 0.3) is 0 Å². The van der Waals surface area contributed by atoms with E-state index in [4.69, 9.17) is 15.2 Å². The van der Waals surface area contributed by atoms with E-state index in [9.17, 15) is 0 Å². The minimum atomic E-state index is 0. The molecule has 1 aromatic rings. The maximum Gasteiger partial charge on any atom is 0.161 e. The normalized spacial score (nSPS) is 22.0. The van der Waals surface area contributed by atoms with E-state index >= 15 is 0 Å². The Balaban J connectivity index is 0.00000220. The first-order chi connectivity index (χ1) is 9.51. The molecule has 1 atom stereocenters. The van der Waals surface area contributed by atoms with Crippen molar-refractivity contribution in [2.45, 2.75) is 19.9 Å². The molecule has 1 aliphatic heterocycles. The number of benzene rings is 1. The number of nitrogens with two attached hydrogens (primary N) is 1. The van der Waals surface area contributed by atoms with Crippen LogP contribution in [0, 0.1) is 5.41 Å². The van der Waals surface area contributed by atoms with Gasteiger partial charge in [0.05, 0.1) is 14.2 Å². The molecule has 0 aliphatic carbocycles. The predicted octanol–water partition coefficient (Wildman–Crippen LogP) is 3.06. The Morgan fingerprint density at radius 2 is 1.90 bits per heavy atom. The number of ether oxygens (including phenoxy) is 2. The molecule has 0 radical (unpaired) electrons. The smallest absolute Gasteiger partial charge is 0.161 e. The predicted molar refractivity (Wildman–Crippen MR) is 91.5 cm³/mol. The maximum atomic E-state index is 5.86. The zero-order valence-corrected chi connectivity index (χ0v) is 15.2. The fourth-order valence-electron chi connectivity index (χ4n) is 2.69. The summed E-state index contributed by atoms with van der Waals surface area (Å²) in [5, 5.41) is 0. The summed E-state index contributed by atoms with van der Waals surface area (Å²) in [4.78, 5) is 2.44. The van der Waals surface area contributed by atoms with Crippen molar-refractivity contribution in [1.29, 1.82) is 0 Å². The van der Waals surface area contributed by atoms with Gasteiger partial charge in [-0.05, 0) is 42.6 Å². The average Bonchev–Trinajstić information content (AvgIpc) is 2.83. The van der Waals surface area contributed by atoms with Crippen LogP contribution in [0.3, 0.4) is 0 Å². The van der Waals surface area contributed by atoms with Crippen molar-refractivity contribution in [3.05, 3.63) is 22.2 Å². The van der Waals surface area contributed by atoms with Crippen molar-refractivity contribution in [3.63, 3.8) is 0 Å². The summed E-state index contributed by atoms with van der Waals surface area (Å²) >= 11 is 3.62. The fraction of sp³-hybridized carbons (Fsp3) is 0.600. The van der Waals surface area contributed by atoms with E-state index in [1.54, 1.807) is 14.2 Å². The van der Waals surface area contributed by atoms with Crippen LogP contribution < -0.4 is 15.2 Å². The molecule has 1 saturated heterocycles. The van der Waals surface area contributed by atoms with E-state index in [0.717, 1.165) is 48.6 Å². The lowest BCUT2D eigenvalue weighted by atomic mass is 9.90. The third-order valence-electron chi connectivity index (χ3n) is 4.08. The lowest BCUT2D eigenvalue weighted by molar-refractivity contribution is 0.273. The van der Waals surface area contributed by atoms with Gasteiger partial charge in [-0.1, -0.05) is 22.9 Å². The van der Waals surface area contributed by atoms with E-state index in [1.807, 2.05) is 12.1 Å². The Labute approximate surface area is 141 Å². The Morgan fingerprint density at radius 3 is 2.43 bits per heavy atom. The van der Waals surface area contributed by atoms with Gasteiger partial charge in [0, 0.05) is 17.6 Å². The number of methoxy groups -OCH3 is 2. The summed E-state index contributed by atoms with van der Waals surface area (Å²) in [5.41, 5.74) is 7.33. The highest BCUT2D eigenvalue weighted by molar-refractivity contribution is 9.10. The molecule has 0 saturated carbocycles. The molecular formula is C15H24BrClN2O2. The minimum Gasteiger partial charge on any atom is -0.493 e. The third kappa shape index (κ3) is 4.25. The zero-order chi connectivity index (χ0) is 14.8. The van der Waals surface area contributed by atoms with E-state index in [-0.39, 0.29) is 17.8 Å². The molecule has 1 fully saturated rings. The van der Waals surface area contributed by atoms with Crippen LogP contribution in [-0.2, 0) is 6.54 Å². The van der Waals surface area contributed by atoms with Crippen LogP contribution in [0.1, 0.15) is 18.9 Å². The molecule has 2 rings (SSSR count). The number of hydrogen-bond acceptors (Lipinski definition) is 4. The molecular weight excluding hydrogens is 356 g/mol. The van der Waals surface area contributed by atoms with E-state index in [2.05, 4.69) is 27.8 Å². The van der Waals surface area contributed by atoms with Gasteiger partial charge in [-0.25, -0.2) is 0 Å². The Kier molecular flexibility index (Phi) is 6.78. The largest absolute Gasteiger partial charge is 0.493 e. The number of likely N-dealkylation sites (tertiary alicyclic amines) is 1. The monoisotopic (exact) mass is 378 g/mol. The van der Waals surface area contributed by atoms with Crippen LogP contribution in [0.2, 0.25) is 0 Å². The molecule has 0 bridgehead atoms. The molecule has 0 amide bonds. The van der Waals surface area contributed by atoms with E-state index in [0.29, 0.717) is 0 Å². The standard InChI is InChI=1S/C15H23BrN2O2.ClH/c1-15(9-17)4-5-18(10-15)8-11-6-13(19-2)14(20-3)7-12(11)16;/h6-7H,4-5,8-10,17H2,1-3H3;1H. The summed E-state index contributed by atoms with van der Waals surface area (Å²) in [6.07, 6.45) is 1.16. The molecule has 6 heteroatoms. The van der Waals surface area contributed by atoms with Crippen LogP contribution in [-0.4, -0.2) is 38.8 Å². The van der Waals surface area contributed by atoms with Crippen molar-refractivity contribution in [2.24, 2.45) is 11.1 Å². The second-order valence-corrected chi connectivity index (χ2v) is 6.63. The van der Waals surface area contributed by atoms with E-state index in [1.165, 1.54) is 5.56 Å². The molecule has 1 unspecified atom stereocenters. The molecule has 21 heavy (non-hydrogen) atoms. The maximum absolute atomic E-state index is 5.86. The van der Waals surface area contributed by atoms with Gasteiger partial charge in [-0.2, -0.15) is 0 Å². The molecule has 1 heterocycles. The Hall–Kier alpha value is -0.490. The first-order valence-corrected chi connectivity index (χ1v) is 7.63. The number of hydrogen-bond donors (Lipinski definition) is 1. The van der Waals surface area contributed by atoms with Gasteiger partial charge in [-0.15, -0.1) is 12.4 Å². The van der Waals surface area contributed by atoms with Crippen LogP contribution in [0.15, 0.2) is 16.6 Å². The first kappa shape index (κ1) is 18.6. The van der Waals surface area contributed by atoms with Crippen molar-refractivity contribution in [3.8, 4) is 11.5 Å². The highest BCUT2D eigenvalue weighted by Crippen LogP contribution is 2.35. The quantitative estimate of drug-likeness (QED) is 0.854. The van der Waals surface area contributed by atoms with Crippen molar-refractivity contribution in [2.75, 3.05) is 33.9 Å². The Morgan fingerprint density at radius 1 is 1.29 bits per heavy atom. The first-order valence-electron chi connectivity index (χ1n) is 6.84. The van der Waals surface area contributed by atoms with Crippen LogP contribution in [0.4, 0.5) is 0 Å². The van der Waals surface area contributed by atoms with Gasteiger partial charge in [0.25, 0.3) is 0 Å². The summed E-state index contributed by atoms with van der Waals surface area (Å²) in [7, 11) is 3.31. The summed E-state index contributed by atoms with van der Waals surface area (Å²) in [6.45, 7) is 6.04. The topological polar surface area (TPSA) is 47.7 Å². The van der Waals surface area contributed by atoms with E-state index < -0.39 is 0 Å². The molecule has 0 spiro atoms. The summed E-state index contributed by atoms with van der Waals surface area (Å²) < 4.78 is 11.7. The number of halogens is 2. The summed E-state index contributed by atoms with van der Waals surface area (Å²) in [5.74, 6) is 1.52. The molecule has 0 aromatic heterocycles. The molecule has 4 nitrogen and oxygen atoms in total. The fourth-order valence-corrected chi connectivity index (χ4v) is 3.13. The van der Waals surface area contributed by atoms with Crippen LogP contribution >= 0.6 is 28.3 Å². The molecule has 2 N–H and O–H groups in total. The van der Waals surface area contributed by atoms with Gasteiger partial charge in [0.1, 0.15) is 0 Å². The van der Waals surface area contributed by atoms with Gasteiger partial charge in [0.2, 0.25) is 0 Å². The van der Waals surface area contributed by atoms with Crippen LogP contribution in [0.5, 0.6) is 11.5 Å². The van der Waals surface area contributed by atoms with Crippen molar-refractivity contribution < 1.29 is 9.47 Å². The SMILES string of the molecule is COc1cc(Br)c(CN2CCC(C)(CN)C2)cc1OC.Cl. The lowest BCUT2D eigenvalue weighted by Crippen LogP contribution is -2.31. The second kappa shape index (κ2) is 7.68. The number of rotatable bonds is 5. The zero-order valence-electron chi connectivity index (χ0n) is 12.8. The van der Waals surface area contributed by atoms with Crippen molar-refractivity contribution >= 4 is 28.3 Å². The summed E-state index contributed by atoms with van der Waals surface area (Å²) in [6, 6.07) is 4.01. The van der Waals surface area contributed by atoms with Gasteiger partial charge < -0.3 is 15.2 Å². The van der Waals surface area contributed by atoms with Gasteiger partial charge in [0.15, 0.2) is 11.5 Å². The Bertz CT molecular complexity index is 487. The highest BCUT2D eigenvalue weighted by Gasteiger charge is 2.32. The second-order valence-electron chi connectivity index (χ2n) is 5.77. The van der Waals surface area contributed by atoms with Gasteiger partial charge >= 0.3 is 0 Å². The molecule has 120 valence electrons. The number of nitrogens with zero attached hydrogens (tertiary/aromatic N) is 1. The average molecular weight is 380 g/mol. The van der Waals surface area contributed by atoms with Crippen molar-refractivity contribution in [1.82, 2.24) is 4.90 Å².